The lowest BCUT2D eigenvalue weighted by molar-refractivity contribution is 0.660. The first kappa shape index (κ1) is 14.4. The summed E-state index contributed by atoms with van der Waals surface area (Å²) < 4.78 is 2.07. The summed E-state index contributed by atoms with van der Waals surface area (Å²) in [6.45, 7) is 1.77. The predicted octanol–water partition coefficient (Wildman–Crippen LogP) is 3.32. The Labute approximate surface area is 139 Å². The SMILES string of the molecule is c1ccc(-c2nc(NCCCn3ccnc3)c3cc[nH]c3n2)cc1. The highest BCUT2D eigenvalue weighted by Gasteiger charge is 2.09. The maximum atomic E-state index is 4.72. The van der Waals surface area contributed by atoms with Crippen LogP contribution in [0.5, 0.6) is 0 Å². The van der Waals surface area contributed by atoms with E-state index in [4.69, 9.17) is 4.98 Å². The summed E-state index contributed by atoms with van der Waals surface area (Å²) in [4.78, 5) is 16.6. The minimum Gasteiger partial charge on any atom is -0.369 e. The predicted molar refractivity (Wildman–Crippen MR) is 94.7 cm³/mol. The summed E-state index contributed by atoms with van der Waals surface area (Å²) in [6, 6.07) is 12.0. The third kappa shape index (κ3) is 2.99. The van der Waals surface area contributed by atoms with Crippen molar-refractivity contribution in [1.82, 2.24) is 24.5 Å². The standard InChI is InChI=1S/C18H18N6/c1-2-5-14(6-3-1)16-22-17(15-7-9-21-18(15)23-16)20-8-4-11-24-12-10-19-13-24/h1-3,5-7,9-10,12-13H,4,8,11H2,(H2,20,21,22,23). The molecule has 24 heavy (non-hydrogen) atoms. The second kappa shape index (κ2) is 6.54. The number of rotatable bonds is 6. The van der Waals surface area contributed by atoms with Crippen LogP contribution in [0.3, 0.4) is 0 Å². The Kier molecular flexibility index (Phi) is 3.93. The van der Waals surface area contributed by atoms with E-state index in [2.05, 4.69) is 24.8 Å². The smallest absolute Gasteiger partial charge is 0.163 e. The van der Waals surface area contributed by atoms with Crippen molar-refractivity contribution < 1.29 is 0 Å². The van der Waals surface area contributed by atoms with Gasteiger partial charge in [-0.25, -0.2) is 15.0 Å². The van der Waals surface area contributed by atoms with Gasteiger partial charge in [0.2, 0.25) is 0 Å². The fourth-order valence-electron chi connectivity index (χ4n) is 2.68. The van der Waals surface area contributed by atoms with Crippen LogP contribution in [0.4, 0.5) is 5.82 Å². The molecule has 0 unspecified atom stereocenters. The molecule has 6 heteroatoms. The molecule has 0 aliphatic rings. The van der Waals surface area contributed by atoms with Crippen LogP contribution in [-0.4, -0.2) is 31.0 Å². The van der Waals surface area contributed by atoms with Crippen LogP contribution in [0.1, 0.15) is 6.42 Å². The summed E-state index contributed by atoms with van der Waals surface area (Å²) in [5.41, 5.74) is 1.86. The summed E-state index contributed by atoms with van der Waals surface area (Å²) >= 11 is 0. The third-order valence-electron chi connectivity index (χ3n) is 3.89. The van der Waals surface area contributed by atoms with Gasteiger partial charge in [0, 0.05) is 37.2 Å². The molecule has 2 N–H and O–H groups in total. The Bertz CT molecular complexity index is 911. The van der Waals surface area contributed by atoms with Gasteiger partial charge in [0.25, 0.3) is 0 Å². The van der Waals surface area contributed by atoms with E-state index in [1.807, 2.05) is 55.1 Å². The zero-order valence-electron chi connectivity index (χ0n) is 13.2. The van der Waals surface area contributed by atoms with Crippen molar-refractivity contribution in [3.05, 3.63) is 61.3 Å². The molecule has 0 saturated heterocycles. The molecule has 0 aliphatic heterocycles. The lowest BCUT2D eigenvalue weighted by Crippen LogP contribution is -2.08. The van der Waals surface area contributed by atoms with Crippen molar-refractivity contribution in [2.75, 3.05) is 11.9 Å². The van der Waals surface area contributed by atoms with E-state index in [0.29, 0.717) is 0 Å². The molecule has 120 valence electrons. The van der Waals surface area contributed by atoms with Gasteiger partial charge in [-0.3, -0.25) is 0 Å². The molecule has 1 aromatic carbocycles. The number of H-pyrrole nitrogens is 1. The molecule has 0 fully saturated rings. The molecule has 4 rings (SSSR count). The average molecular weight is 318 g/mol. The van der Waals surface area contributed by atoms with Crippen LogP contribution in [0.25, 0.3) is 22.4 Å². The van der Waals surface area contributed by atoms with E-state index in [1.54, 1.807) is 6.20 Å². The average Bonchev–Trinajstić information content (AvgIpc) is 3.30. The lowest BCUT2D eigenvalue weighted by Gasteiger charge is -2.09. The fourth-order valence-corrected chi connectivity index (χ4v) is 2.68. The Morgan fingerprint density at radius 1 is 1.08 bits per heavy atom. The summed E-state index contributed by atoms with van der Waals surface area (Å²) in [5, 5.41) is 4.45. The minimum atomic E-state index is 0.725. The molecule has 0 radical (unpaired) electrons. The van der Waals surface area contributed by atoms with Gasteiger partial charge in [-0.05, 0) is 12.5 Å². The highest BCUT2D eigenvalue weighted by Crippen LogP contribution is 2.24. The van der Waals surface area contributed by atoms with Crippen LogP contribution in [0.2, 0.25) is 0 Å². The third-order valence-corrected chi connectivity index (χ3v) is 3.89. The summed E-state index contributed by atoms with van der Waals surface area (Å²) in [5.74, 6) is 1.59. The van der Waals surface area contributed by atoms with Gasteiger partial charge in [-0.1, -0.05) is 30.3 Å². The van der Waals surface area contributed by atoms with Gasteiger partial charge in [0.1, 0.15) is 11.5 Å². The first-order chi connectivity index (χ1) is 11.9. The molecule has 4 aromatic rings. The number of nitrogens with one attached hydrogen (secondary N) is 2. The van der Waals surface area contributed by atoms with Gasteiger partial charge in [0.15, 0.2) is 5.82 Å². The van der Waals surface area contributed by atoms with Gasteiger partial charge in [-0.2, -0.15) is 0 Å². The van der Waals surface area contributed by atoms with Crippen molar-refractivity contribution >= 4 is 16.9 Å². The van der Waals surface area contributed by atoms with Gasteiger partial charge < -0.3 is 14.9 Å². The van der Waals surface area contributed by atoms with Crippen molar-refractivity contribution in [2.24, 2.45) is 0 Å². The molecule has 0 amide bonds. The number of aromatic amines is 1. The highest BCUT2D eigenvalue weighted by atomic mass is 15.1. The van der Waals surface area contributed by atoms with Crippen molar-refractivity contribution in [2.45, 2.75) is 13.0 Å². The number of aromatic nitrogens is 5. The molecule has 6 nitrogen and oxygen atoms in total. The van der Waals surface area contributed by atoms with Crippen LogP contribution >= 0.6 is 0 Å². The van der Waals surface area contributed by atoms with E-state index < -0.39 is 0 Å². The second-order valence-electron chi connectivity index (χ2n) is 5.58. The number of fused-ring (bicyclic) bond motifs is 1. The highest BCUT2D eigenvalue weighted by molar-refractivity contribution is 5.88. The normalized spacial score (nSPS) is 11.0. The second-order valence-corrected chi connectivity index (χ2v) is 5.58. The first-order valence-electron chi connectivity index (χ1n) is 8.00. The molecule has 3 aromatic heterocycles. The van der Waals surface area contributed by atoms with Gasteiger partial charge in [0.05, 0.1) is 11.7 Å². The molecule has 0 spiro atoms. The quantitative estimate of drug-likeness (QED) is 0.535. The zero-order chi connectivity index (χ0) is 16.2. The van der Waals surface area contributed by atoms with E-state index in [0.717, 1.165) is 47.7 Å². The molecular weight excluding hydrogens is 300 g/mol. The van der Waals surface area contributed by atoms with Crippen LogP contribution in [-0.2, 0) is 6.54 Å². The van der Waals surface area contributed by atoms with Crippen LogP contribution in [0, 0.1) is 0 Å². The van der Waals surface area contributed by atoms with E-state index in [1.165, 1.54) is 0 Å². The summed E-state index contributed by atoms with van der Waals surface area (Å²) in [6.07, 6.45) is 8.50. The Morgan fingerprint density at radius 3 is 2.83 bits per heavy atom. The van der Waals surface area contributed by atoms with Gasteiger partial charge in [-0.15, -0.1) is 0 Å². The van der Waals surface area contributed by atoms with E-state index in [9.17, 15) is 0 Å². The number of benzene rings is 1. The molecule has 0 saturated carbocycles. The zero-order valence-corrected chi connectivity index (χ0v) is 13.2. The number of hydrogen-bond acceptors (Lipinski definition) is 4. The lowest BCUT2D eigenvalue weighted by atomic mass is 10.2. The van der Waals surface area contributed by atoms with Crippen LogP contribution < -0.4 is 5.32 Å². The van der Waals surface area contributed by atoms with Gasteiger partial charge >= 0.3 is 0 Å². The van der Waals surface area contributed by atoms with Crippen molar-refractivity contribution in [3.8, 4) is 11.4 Å². The maximum absolute atomic E-state index is 4.72. The first-order valence-corrected chi connectivity index (χ1v) is 8.00. The molecule has 0 bridgehead atoms. The minimum absolute atomic E-state index is 0.725. The molecule has 0 aliphatic carbocycles. The monoisotopic (exact) mass is 318 g/mol. The number of anilines is 1. The number of hydrogen-bond donors (Lipinski definition) is 2. The van der Waals surface area contributed by atoms with Crippen molar-refractivity contribution in [3.63, 3.8) is 0 Å². The van der Waals surface area contributed by atoms with Crippen molar-refractivity contribution in [1.29, 1.82) is 0 Å². The largest absolute Gasteiger partial charge is 0.369 e. The molecule has 0 atom stereocenters. The van der Waals surface area contributed by atoms with E-state index >= 15 is 0 Å². The maximum Gasteiger partial charge on any atom is 0.163 e. The molecular formula is C18H18N6. The number of nitrogens with zero attached hydrogens (tertiary/aromatic N) is 4. The topological polar surface area (TPSA) is 71.4 Å². The Balaban J connectivity index is 1.54. The Hall–Kier alpha value is -3.15. The summed E-state index contributed by atoms with van der Waals surface area (Å²) in [7, 11) is 0. The van der Waals surface area contributed by atoms with Crippen LogP contribution in [0.15, 0.2) is 61.3 Å². The number of imidazole rings is 1. The number of aryl methyl sites for hydroxylation is 1. The Morgan fingerprint density at radius 2 is 2.00 bits per heavy atom. The molecule has 3 heterocycles. The van der Waals surface area contributed by atoms with E-state index in [-0.39, 0.29) is 0 Å². The fraction of sp³-hybridized carbons (Fsp3) is 0.167.